The Bertz CT molecular complexity index is 610. The van der Waals surface area contributed by atoms with Crippen LogP contribution in [0.2, 0.25) is 0 Å². The van der Waals surface area contributed by atoms with Gasteiger partial charge < -0.3 is 20.3 Å². The third-order valence-electron chi connectivity index (χ3n) is 5.00. The van der Waals surface area contributed by atoms with Gasteiger partial charge in [-0.15, -0.1) is 0 Å². The maximum absolute atomic E-state index is 11.6. The van der Waals surface area contributed by atoms with Gasteiger partial charge in [-0.1, -0.05) is 37.8 Å². The van der Waals surface area contributed by atoms with E-state index in [0.717, 1.165) is 24.0 Å². The Morgan fingerprint density at radius 1 is 1.26 bits per heavy atom. The van der Waals surface area contributed by atoms with Crippen LogP contribution in [0, 0.1) is 5.92 Å². The van der Waals surface area contributed by atoms with Gasteiger partial charge in [-0.3, -0.25) is 9.79 Å². The molecule has 0 bridgehead atoms. The molecular weight excluding hydrogens is 340 g/mol. The van der Waals surface area contributed by atoms with Crippen molar-refractivity contribution in [2.24, 2.45) is 10.9 Å². The zero-order valence-corrected chi connectivity index (χ0v) is 17.0. The van der Waals surface area contributed by atoms with Crippen molar-refractivity contribution < 1.29 is 9.53 Å². The zero-order chi connectivity index (χ0) is 19.5. The average Bonchev–Trinajstić information content (AvgIpc) is 3.19. The Morgan fingerprint density at radius 2 is 2.04 bits per heavy atom. The quantitative estimate of drug-likeness (QED) is 0.396. The maximum atomic E-state index is 11.6. The van der Waals surface area contributed by atoms with Gasteiger partial charge in [0.15, 0.2) is 12.6 Å². The number of hydrogen-bond donors (Lipinski definition) is 2. The molecule has 1 aromatic carbocycles. The summed E-state index contributed by atoms with van der Waals surface area (Å²) >= 11 is 0. The van der Waals surface area contributed by atoms with E-state index in [0.29, 0.717) is 12.3 Å². The lowest BCUT2D eigenvalue weighted by molar-refractivity contribution is -0.130. The fraction of sp³-hybridized carbons (Fsp3) is 0.619. The molecule has 1 amide bonds. The first-order chi connectivity index (χ1) is 13.1. The number of ether oxygens (including phenoxy) is 1. The molecule has 0 spiro atoms. The highest BCUT2D eigenvalue weighted by atomic mass is 16.5. The fourth-order valence-corrected chi connectivity index (χ4v) is 3.32. The first-order valence-corrected chi connectivity index (χ1v) is 9.95. The third-order valence-corrected chi connectivity index (χ3v) is 5.00. The summed E-state index contributed by atoms with van der Waals surface area (Å²) < 4.78 is 5.57. The second kappa shape index (κ2) is 11.5. The Labute approximate surface area is 163 Å². The Hall–Kier alpha value is -2.24. The molecule has 6 nitrogen and oxygen atoms in total. The van der Waals surface area contributed by atoms with Crippen molar-refractivity contribution in [1.29, 1.82) is 0 Å². The summed E-state index contributed by atoms with van der Waals surface area (Å²) in [6, 6.07) is 7.77. The number of carbonyl (C=O) groups excluding carboxylic acids is 1. The largest absolute Gasteiger partial charge is 0.484 e. The van der Waals surface area contributed by atoms with Crippen molar-refractivity contribution in [2.75, 3.05) is 34.3 Å². The number of nitrogens with one attached hydrogen (secondary N) is 2. The number of amides is 1. The van der Waals surface area contributed by atoms with E-state index in [4.69, 9.17) is 4.74 Å². The van der Waals surface area contributed by atoms with Crippen molar-refractivity contribution in [3.05, 3.63) is 29.8 Å². The van der Waals surface area contributed by atoms with Crippen LogP contribution in [0.4, 0.5) is 0 Å². The van der Waals surface area contributed by atoms with Gasteiger partial charge in [-0.25, -0.2) is 0 Å². The van der Waals surface area contributed by atoms with Crippen molar-refractivity contribution in [3.8, 4) is 5.75 Å². The molecular formula is C21H34N4O2. The molecule has 150 valence electrons. The van der Waals surface area contributed by atoms with Crippen molar-refractivity contribution >= 4 is 11.9 Å². The lowest BCUT2D eigenvalue weighted by Crippen LogP contribution is -2.37. The molecule has 1 aliphatic rings. The zero-order valence-electron chi connectivity index (χ0n) is 17.0. The van der Waals surface area contributed by atoms with Crippen LogP contribution in [-0.2, 0) is 11.3 Å². The second-order valence-corrected chi connectivity index (χ2v) is 7.37. The molecule has 0 atom stereocenters. The minimum Gasteiger partial charge on any atom is -0.484 e. The Balaban J connectivity index is 1.70. The topological polar surface area (TPSA) is 66.0 Å². The molecule has 1 saturated carbocycles. The van der Waals surface area contributed by atoms with Crippen LogP contribution in [0.1, 0.15) is 44.1 Å². The van der Waals surface area contributed by atoms with Gasteiger partial charge in [0.25, 0.3) is 5.91 Å². The van der Waals surface area contributed by atoms with E-state index >= 15 is 0 Å². The molecule has 2 rings (SSSR count). The number of nitrogens with zero attached hydrogens (tertiary/aromatic N) is 2. The molecule has 0 radical (unpaired) electrons. The van der Waals surface area contributed by atoms with Crippen molar-refractivity contribution in [1.82, 2.24) is 15.5 Å². The number of aliphatic imine (C=N–C) groups is 1. The molecule has 2 N–H and O–H groups in total. The molecule has 1 aliphatic carbocycles. The first kappa shape index (κ1) is 21.1. The highest BCUT2D eigenvalue weighted by Crippen LogP contribution is 2.28. The standard InChI is InChI=1S/C21H34N4O2/c1-22-21(23-13-7-11-17-8-4-5-9-17)24-15-18-10-6-12-19(14-18)27-16-20(26)25(2)3/h6,10,12,14,17H,4-5,7-9,11,13,15-16H2,1-3H3,(H2,22,23,24). The minimum absolute atomic E-state index is 0.0497. The summed E-state index contributed by atoms with van der Waals surface area (Å²) in [5, 5.41) is 6.72. The Kier molecular flexibility index (Phi) is 8.95. The van der Waals surface area contributed by atoms with Gasteiger partial charge in [0.2, 0.25) is 0 Å². The van der Waals surface area contributed by atoms with Gasteiger partial charge in [0.05, 0.1) is 0 Å². The van der Waals surface area contributed by atoms with Crippen LogP contribution < -0.4 is 15.4 Å². The molecule has 6 heteroatoms. The van der Waals surface area contributed by atoms with Crippen molar-refractivity contribution in [2.45, 2.75) is 45.1 Å². The number of hydrogen-bond acceptors (Lipinski definition) is 3. The predicted molar refractivity (Wildman–Crippen MR) is 110 cm³/mol. The highest BCUT2D eigenvalue weighted by Gasteiger charge is 2.14. The molecule has 0 saturated heterocycles. The Morgan fingerprint density at radius 3 is 2.74 bits per heavy atom. The highest BCUT2D eigenvalue weighted by molar-refractivity contribution is 5.79. The number of benzene rings is 1. The van der Waals surface area contributed by atoms with Gasteiger partial charge in [-0.05, 0) is 36.5 Å². The molecule has 0 aromatic heterocycles. The molecule has 1 fully saturated rings. The summed E-state index contributed by atoms with van der Waals surface area (Å²) in [4.78, 5) is 17.4. The van der Waals surface area contributed by atoms with Crippen molar-refractivity contribution in [3.63, 3.8) is 0 Å². The molecule has 0 heterocycles. The summed E-state index contributed by atoms with van der Waals surface area (Å²) in [7, 11) is 5.23. The van der Waals surface area contributed by atoms with E-state index in [1.54, 1.807) is 21.1 Å². The summed E-state index contributed by atoms with van der Waals surface area (Å²) in [6.45, 7) is 1.65. The summed E-state index contributed by atoms with van der Waals surface area (Å²) in [6.07, 6.45) is 8.14. The van der Waals surface area contributed by atoms with E-state index < -0.39 is 0 Å². The SMILES string of the molecule is CN=C(NCCCC1CCCC1)NCc1cccc(OCC(=O)N(C)C)c1. The van der Waals surface area contributed by atoms with Crippen LogP contribution in [-0.4, -0.2) is 51.1 Å². The average molecular weight is 375 g/mol. The first-order valence-electron chi connectivity index (χ1n) is 9.95. The van der Waals surface area contributed by atoms with Gasteiger partial charge in [0.1, 0.15) is 5.75 Å². The minimum atomic E-state index is -0.0549. The maximum Gasteiger partial charge on any atom is 0.259 e. The van der Waals surface area contributed by atoms with Crippen LogP contribution in [0.25, 0.3) is 0 Å². The lowest BCUT2D eigenvalue weighted by Gasteiger charge is -2.14. The van der Waals surface area contributed by atoms with Gasteiger partial charge in [0, 0.05) is 34.2 Å². The number of carbonyl (C=O) groups is 1. The van der Waals surface area contributed by atoms with E-state index in [-0.39, 0.29) is 12.5 Å². The molecule has 0 unspecified atom stereocenters. The van der Waals surface area contributed by atoms with E-state index in [9.17, 15) is 4.79 Å². The van der Waals surface area contributed by atoms with E-state index in [1.165, 1.54) is 43.4 Å². The van der Waals surface area contributed by atoms with Crippen LogP contribution in [0.3, 0.4) is 0 Å². The third kappa shape index (κ3) is 7.89. The van der Waals surface area contributed by atoms with Crippen LogP contribution >= 0.6 is 0 Å². The summed E-state index contributed by atoms with van der Waals surface area (Å²) in [5.74, 6) is 2.39. The molecule has 0 aliphatic heterocycles. The van der Waals surface area contributed by atoms with Crippen LogP contribution in [0.15, 0.2) is 29.3 Å². The number of likely N-dealkylation sites (N-methyl/N-ethyl adjacent to an activating group) is 1. The van der Waals surface area contributed by atoms with Gasteiger partial charge >= 0.3 is 0 Å². The normalized spacial score (nSPS) is 14.9. The van der Waals surface area contributed by atoms with Crippen LogP contribution in [0.5, 0.6) is 5.75 Å². The monoisotopic (exact) mass is 374 g/mol. The predicted octanol–water partition coefficient (Wildman–Crippen LogP) is 2.79. The molecule has 1 aromatic rings. The lowest BCUT2D eigenvalue weighted by atomic mass is 10.0. The fourth-order valence-electron chi connectivity index (χ4n) is 3.32. The van der Waals surface area contributed by atoms with E-state index in [1.807, 2.05) is 24.3 Å². The summed E-state index contributed by atoms with van der Waals surface area (Å²) in [5.41, 5.74) is 1.08. The molecule has 27 heavy (non-hydrogen) atoms. The van der Waals surface area contributed by atoms with E-state index in [2.05, 4.69) is 15.6 Å². The number of rotatable bonds is 9. The smallest absolute Gasteiger partial charge is 0.259 e. The second-order valence-electron chi connectivity index (χ2n) is 7.37. The number of guanidine groups is 1. The van der Waals surface area contributed by atoms with Gasteiger partial charge in [-0.2, -0.15) is 0 Å².